The van der Waals surface area contributed by atoms with Gasteiger partial charge in [0.25, 0.3) is 0 Å². The van der Waals surface area contributed by atoms with E-state index < -0.39 is 0 Å². The predicted molar refractivity (Wildman–Crippen MR) is 60.1 cm³/mol. The highest BCUT2D eigenvalue weighted by atomic mass is 14.6. The van der Waals surface area contributed by atoms with Crippen LogP contribution < -0.4 is 34.4 Å². The molecule has 0 aromatic heterocycles. The van der Waals surface area contributed by atoms with Crippen molar-refractivity contribution in [2.24, 2.45) is 34.4 Å². The summed E-state index contributed by atoms with van der Waals surface area (Å²) in [6.45, 7) is 3.58. The minimum atomic E-state index is 0. The van der Waals surface area contributed by atoms with E-state index in [0.29, 0.717) is 39.3 Å². The van der Waals surface area contributed by atoms with E-state index in [0.717, 1.165) is 0 Å². The minimum Gasteiger partial charge on any atom is -0.329 e. The van der Waals surface area contributed by atoms with Crippen LogP contribution in [0.1, 0.15) is 0 Å². The fourth-order valence-corrected chi connectivity index (χ4v) is 0. The maximum Gasteiger partial charge on any atom is 0.00461 e. The Bertz CT molecular complexity index is 32.6. The summed E-state index contributed by atoms with van der Waals surface area (Å²) < 4.78 is 0. The van der Waals surface area contributed by atoms with Gasteiger partial charge in [0.15, 0.2) is 0 Å². The smallest absolute Gasteiger partial charge is 0.00461 e. The van der Waals surface area contributed by atoms with E-state index in [2.05, 4.69) is 0 Å². The molecule has 0 heterocycles. The first-order valence-corrected chi connectivity index (χ1v) is 3.95. The molecule has 3 radical (unpaired) electrons. The molecule has 12 N–H and O–H groups in total. The second kappa shape index (κ2) is 40.8. The monoisotopic (exact) mass is 191 g/mol. The van der Waals surface area contributed by atoms with Gasteiger partial charge in [0, 0.05) is 47.7 Å². The van der Waals surface area contributed by atoms with Gasteiger partial charge in [-0.3, -0.25) is 0 Å². The summed E-state index contributed by atoms with van der Waals surface area (Å²) in [5.74, 6) is 0. The van der Waals surface area contributed by atoms with Crippen molar-refractivity contribution in [3.8, 4) is 0 Å². The second-order valence-electron chi connectivity index (χ2n) is 1.73. The zero-order valence-electron chi connectivity index (χ0n) is 8.28. The van der Waals surface area contributed by atoms with E-state index in [4.69, 9.17) is 34.4 Å². The molecule has 0 aromatic carbocycles. The van der Waals surface area contributed by atoms with Gasteiger partial charge >= 0.3 is 0 Å². The molecule has 81 valence electrons. The van der Waals surface area contributed by atoms with E-state index in [9.17, 15) is 0 Å². The maximum absolute atomic E-state index is 4.90. The molecule has 0 spiro atoms. The van der Waals surface area contributed by atoms with Crippen LogP contribution in [0.2, 0.25) is 0 Å². The normalized spacial score (nSPS) is 6.92. The van der Waals surface area contributed by atoms with E-state index >= 15 is 0 Å². The average molecular weight is 191 g/mol. The van der Waals surface area contributed by atoms with Gasteiger partial charge < -0.3 is 34.4 Å². The van der Waals surface area contributed by atoms with Crippen molar-refractivity contribution in [2.75, 3.05) is 39.3 Å². The molecule has 0 aliphatic heterocycles. The number of rotatable bonds is 3. The van der Waals surface area contributed by atoms with Crippen LogP contribution in [0.15, 0.2) is 0 Å². The Morgan fingerprint density at radius 1 is 0.385 bits per heavy atom. The van der Waals surface area contributed by atoms with Crippen LogP contribution in [0.5, 0.6) is 0 Å². The van der Waals surface area contributed by atoms with Crippen molar-refractivity contribution in [1.29, 1.82) is 0 Å². The molecule has 0 rings (SSSR count). The van der Waals surface area contributed by atoms with Crippen molar-refractivity contribution >= 4 is 8.41 Å². The second-order valence-corrected chi connectivity index (χ2v) is 1.73. The topological polar surface area (TPSA) is 156 Å². The highest BCUT2D eigenvalue weighted by Gasteiger charge is 1.55. The van der Waals surface area contributed by atoms with Crippen LogP contribution in [0, 0.1) is 0 Å². The Labute approximate surface area is 82.9 Å². The summed E-state index contributed by atoms with van der Waals surface area (Å²) in [4.78, 5) is 0. The van der Waals surface area contributed by atoms with Crippen LogP contribution in [-0.4, -0.2) is 47.7 Å². The molecule has 0 amide bonds. The standard InChI is InChI=1S/3C2H8N2.B/c3*3-1-2-4;/h3*1-4H2;. The Morgan fingerprint density at radius 3 is 0.462 bits per heavy atom. The first-order chi connectivity index (χ1) is 5.74. The van der Waals surface area contributed by atoms with Crippen molar-refractivity contribution < 1.29 is 0 Å². The maximum atomic E-state index is 4.90. The van der Waals surface area contributed by atoms with E-state index in [1.54, 1.807) is 0 Å². The lowest BCUT2D eigenvalue weighted by Crippen LogP contribution is -2.11. The van der Waals surface area contributed by atoms with Gasteiger partial charge in [-0.2, -0.15) is 0 Å². The third-order valence-electron chi connectivity index (χ3n) is 0.500. The Balaban J connectivity index is -0.0000000450. The van der Waals surface area contributed by atoms with Gasteiger partial charge in [-0.05, 0) is 0 Å². The predicted octanol–water partition coefficient (Wildman–Crippen LogP) is -3.67. The summed E-state index contributed by atoms with van der Waals surface area (Å²) in [7, 11) is 0. The lowest BCUT2D eigenvalue weighted by atomic mass is 10.7. The first-order valence-electron chi connectivity index (χ1n) is 3.95. The van der Waals surface area contributed by atoms with Crippen LogP contribution in [-0.2, 0) is 0 Å². The summed E-state index contributed by atoms with van der Waals surface area (Å²) in [6.07, 6.45) is 0. The first kappa shape index (κ1) is 23.0. The number of nitrogens with two attached hydrogens (primary N) is 6. The Morgan fingerprint density at radius 2 is 0.462 bits per heavy atom. The lowest BCUT2D eigenvalue weighted by molar-refractivity contribution is 0.976. The minimum absolute atomic E-state index is 0. The fourth-order valence-electron chi connectivity index (χ4n) is 0. The molecule has 0 aliphatic carbocycles. The molecule has 0 saturated carbocycles. The van der Waals surface area contributed by atoms with Crippen LogP contribution in [0.3, 0.4) is 0 Å². The number of hydrogen-bond donors (Lipinski definition) is 6. The van der Waals surface area contributed by atoms with Crippen LogP contribution in [0.25, 0.3) is 0 Å². The molecule has 0 unspecified atom stereocenters. The van der Waals surface area contributed by atoms with Crippen molar-refractivity contribution in [3.63, 3.8) is 0 Å². The van der Waals surface area contributed by atoms with E-state index in [-0.39, 0.29) is 8.41 Å². The zero-order chi connectivity index (χ0) is 10.2. The molecular weight excluding hydrogens is 167 g/mol. The van der Waals surface area contributed by atoms with Gasteiger partial charge in [0.1, 0.15) is 0 Å². The van der Waals surface area contributed by atoms with Gasteiger partial charge in [-0.25, -0.2) is 0 Å². The molecule has 13 heavy (non-hydrogen) atoms. The Hall–Kier alpha value is -0.175. The van der Waals surface area contributed by atoms with Crippen molar-refractivity contribution in [2.45, 2.75) is 0 Å². The quantitative estimate of drug-likeness (QED) is 0.252. The molecule has 6 nitrogen and oxygen atoms in total. The highest BCUT2D eigenvalue weighted by Crippen LogP contribution is 1.25. The molecule has 0 bridgehead atoms. The summed E-state index contributed by atoms with van der Waals surface area (Å²) in [5.41, 5.74) is 29.4. The third-order valence-corrected chi connectivity index (χ3v) is 0.500. The van der Waals surface area contributed by atoms with Gasteiger partial charge in [0.05, 0.1) is 0 Å². The lowest BCUT2D eigenvalue weighted by Gasteiger charge is -1.72. The van der Waals surface area contributed by atoms with E-state index in [1.807, 2.05) is 0 Å². The molecule has 0 atom stereocenters. The molecule has 0 aromatic rings. The molecule has 7 heteroatoms. The van der Waals surface area contributed by atoms with Crippen LogP contribution in [0.4, 0.5) is 0 Å². The van der Waals surface area contributed by atoms with Crippen LogP contribution >= 0.6 is 0 Å². The highest BCUT2D eigenvalue weighted by molar-refractivity contribution is 5.75. The van der Waals surface area contributed by atoms with Gasteiger partial charge in [-0.1, -0.05) is 0 Å². The van der Waals surface area contributed by atoms with E-state index in [1.165, 1.54) is 0 Å². The zero-order valence-corrected chi connectivity index (χ0v) is 8.28. The van der Waals surface area contributed by atoms with Gasteiger partial charge in [0.2, 0.25) is 0 Å². The third kappa shape index (κ3) is 143. The summed E-state index contributed by atoms with van der Waals surface area (Å²) in [5, 5.41) is 0. The summed E-state index contributed by atoms with van der Waals surface area (Å²) in [6, 6.07) is 0. The SMILES string of the molecule is NCCN.NCCN.NCCN.[B]. The molecule has 0 saturated heterocycles. The fraction of sp³-hybridized carbons (Fsp3) is 1.00. The Kier molecular flexibility index (Phi) is 72.3. The molecule has 0 fully saturated rings. The molecule has 0 aliphatic rings. The van der Waals surface area contributed by atoms with Crippen molar-refractivity contribution in [1.82, 2.24) is 0 Å². The van der Waals surface area contributed by atoms with Crippen molar-refractivity contribution in [3.05, 3.63) is 0 Å². The average Bonchev–Trinajstić information content (AvgIpc) is 2.18. The number of hydrogen-bond acceptors (Lipinski definition) is 6. The molecular formula is C6H24BN6. The largest absolute Gasteiger partial charge is 0.329 e. The summed E-state index contributed by atoms with van der Waals surface area (Å²) >= 11 is 0. The van der Waals surface area contributed by atoms with Gasteiger partial charge in [-0.15, -0.1) is 0 Å².